The minimum absolute atomic E-state index is 0.184. The van der Waals surface area contributed by atoms with Gasteiger partial charge in [-0.1, -0.05) is 12.1 Å². The van der Waals surface area contributed by atoms with Gasteiger partial charge in [0.25, 0.3) is 0 Å². The fourth-order valence-electron chi connectivity index (χ4n) is 1.61. The van der Waals surface area contributed by atoms with E-state index in [1.54, 1.807) is 0 Å². The molecule has 2 nitrogen and oxygen atoms in total. The van der Waals surface area contributed by atoms with Crippen molar-refractivity contribution in [3.8, 4) is 0 Å². The van der Waals surface area contributed by atoms with Crippen molar-refractivity contribution in [2.24, 2.45) is 5.41 Å². The van der Waals surface area contributed by atoms with Crippen LogP contribution in [-0.2, 0) is 0 Å². The van der Waals surface area contributed by atoms with Crippen LogP contribution >= 0.6 is 0 Å². The molecule has 1 fully saturated rings. The Morgan fingerprint density at radius 1 is 1.43 bits per heavy atom. The quantitative estimate of drug-likeness (QED) is 0.764. The summed E-state index contributed by atoms with van der Waals surface area (Å²) >= 11 is 0. The van der Waals surface area contributed by atoms with Gasteiger partial charge in [0.2, 0.25) is 0 Å². The first kappa shape index (κ1) is 9.53. The van der Waals surface area contributed by atoms with Crippen molar-refractivity contribution in [2.45, 2.75) is 19.8 Å². The first-order valence-corrected chi connectivity index (χ1v) is 5.16. The van der Waals surface area contributed by atoms with Gasteiger partial charge in [-0.05, 0) is 37.5 Å². The highest BCUT2D eigenvalue weighted by atomic mass is 16.3. The zero-order chi connectivity index (χ0) is 10.0. The van der Waals surface area contributed by atoms with E-state index in [1.807, 2.05) is 0 Å². The normalized spacial score (nSPS) is 17.9. The van der Waals surface area contributed by atoms with Crippen LogP contribution in [0.2, 0.25) is 0 Å². The molecule has 1 aromatic rings. The molecule has 0 amide bonds. The van der Waals surface area contributed by atoms with Crippen LogP contribution < -0.4 is 5.32 Å². The summed E-state index contributed by atoms with van der Waals surface area (Å²) in [6, 6.07) is 8.34. The number of aliphatic hydroxyl groups excluding tert-OH is 1. The van der Waals surface area contributed by atoms with E-state index in [0.717, 1.165) is 25.1 Å². The van der Waals surface area contributed by atoms with Gasteiger partial charge >= 0.3 is 0 Å². The lowest BCUT2D eigenvalue weighted by Crippen LogP contribution is -2.18. The number of benzene rings is 1. The van der Waals surface area contributed by atoms with Gasteiger partial charge in [-0.25, -0.2) is 0 Å². The molecular formula is C12H17NO. The van der Waals surface area contributed by atoms with Crippen LogP contribution in [0.1, 0.15) is 18.4 Å². The zero-order valence-corrected chi connectivity index (χ0v) is 8.59. The average Bonchev–Trinajstić information content (AvgIpc) is 2.96. The highest BCUT2D eigenvalue weighted by Gasteiger charge is 2.41. The van der Waals surface area contributed by atoms with Crippen molar-refractivity contribution in [2.75, 3.05) is 18.5 Å². The average molecular weight is 191 g/mol. The van der Waals surface area contributed by atoms with E-state index in [2.05, 4.69) is 36.5 Å². The lowest BCUT2D eigenvalue weighted by molar-refractivity contribution is 0.220. The molecule has 2 heteroatoms. The molecule has 0 unspecified atom stereocenters. The van der Waals surface area contributed by atoms with Crippen LogP contribution in [0.15, 0.2) is 24.3 Å². The minimum Gasteiger partial charge on any atom is -0.396 e. The first-order valence-electron chi connectivity index (χ1n) is 5.16. The summed E-state index contributed by atoms with van der Waals surface area (Å²) in [5.74, 6) is 0. The maximum Gasteiger partial charge on any atom is 0.0504 e. The van der Waals surface area contributed by atoms with Gasteiger partial charge in [0.05, 0.1) is 6.61 Å². The zero-order valence-electron chi connectivity index (χ0n) is 8.59. The van der Waals surface area contributed by atoms with Gasteiger partial charge in [-0.2, -0.15) is 0 Å². The van der Waals surface area contributed by atoms with Gasteiger partial charge in [-0.3, -0.25) is 0 Å². The Kier molecular flexibility index (Phi) is 2.46. The molecule has 0 radical (unpaired) electrons. The highest BCUT2D eigenvalue weighted by Crippen LogP contribution is 2.44. The number of rotatable bonds is 4. The van der Waals surface area contributed by atoms with Crippen LogP contribution in [0.5, 0.6) is 0 Å². The summed E-state index contributed by atoms with van der Waals surface area (Å²) in [7, 11) is 0. The summed E-state index contributed by atoms with van der Waals surface area (Å²) in [5.41, 5.74) is 2.61. The Bertz CT molecular complexity index is 318. The van der Waals surface area contributed by atoms with Crippen molar-refractivity contribution >= 4 is 5.69 Å². The van der Waals surface area contributed by atoms with Crippen LogP contribution in [-0.4, -0.2) is 18.3 Å². The Morgan fingerprint density at radius 2 is 2.21 bits per heavy atom. The molecule has 0 spiro atoms. The topological polar surface area (TPSA) is 32.3 Å². The van der Waals surface area contributed by atoms with Crippen LogP contribution in [0, 0.1) is 12.3 Å². The third-order valence-corrected chi connectivity index (χ3v) is 2.98. The van der Waals surface area contributed by atoms with Gasteiger partial charge in [0.15, 0.2) is 0 Å². The summed E-state index contributed by atoms with van der Waals surface area (Å²) in [5, 5.41) is 12.5. The highest BCUT2D eigenvalue weighted by molar-refractivity contribution is 5.45. The SMILES string of the molecule is Cc1cccc(NCC2(CO)CC2)c1. The van der Waals surface area contributed by atoms with Gasteiger partial charge in [-0.15, -0.1) is 0 Å². The number of hydrogen-bond donors (Lipinski definition) is 2. The van der Waals surface area contributed by atoms with E-state index >= 15 is 0 Å². The molecule has 0 bridgehead atoms. The molecule has 2 N–H and O–H groups in total. The predicted octanol–water partition coefficient (Wildman–Crippen LogP) is 2.18. The first-order chi connectivity index (χ1) is 6.74. The lowest BCUT2D eigenvalue weighted by Gasteiger charge is -2.13. The molecular weight excluding hydrogens is 174 g/mol. The molecule has 1 saturated carbocycles. The molecule has 0 atom stereocenters. The largest absolute Gasteiger partial charge is 0.396 e. The maximum atomic E-state index is 9.15. The number of aryl methyl sites for hydroxylation is 1. The smallest absolute Gasteiger partial charge is 0.0504 e. The second-order valence-corrected chi connectivity index (χ2v) is 4.38. The molecule has 14 heavy (non-hydrogen) atoms. The monoisotopic (exact) mass is 191 g/mol. The van der Waals surface area contributed by atoms with E-state index in [4.69, 9.17) is 5.11 Å². The number of aliphatic hydroxyl groups is 1. The Morgan fingerprint density at radius 3 is 2.79 bits per heavy atom. The van der Waals surface area contributed by atoms with E-state index in [0.29, 0.717) is 6.61 Å². The molecule has 0 aliphatic heterocycles. The second kappa shape index (κ2) is 3.62. The van der Waals surface area contributed by atoms with Crippen LogP contribution in [0.3, 0.4) is 0 Å². The van der Waals surface area contributed by atoms with E-state index < -0.39 is 0 Å². The number of anilines is 1. The van der Waals surface area contributed by atoms with Crippen molar-refractivity contribution in [1.82, 2.24) is 0 Å². The van der Waals surface area contributed by atoms with E-state index in [9.17, 15) is 0 Å². The molecule has 1 aromatic carbocycles. The van der Waals surface area contributed by atoms with E-state index in [1.165, 1.54) is 5.56 Å². The van der Waals surface area contributed by atoms with E-state index in [-0.39, 0.29) is 5.41 Å². The van der Waals surface area contributed by atoms with Gasteiger partial charge in [0, 0.05) is 17.6 Å². The van der Waals surface area contributed by atoms with Crippen molar-refractivity contribution in [3.05, 3.63) is 29.8 Å². The number of nitrogens with one attached hydrogen (secondary N) is 1. The van der Waals surface area contributed by atoms with Crippen molar-refractivity contribution in [3.63, 3.8) is 0 Å². The standard InChI is InChI=1S/C12H17NO/c1-10-3-2-4-11(7-10)13-8-12(9-14)5-6-12/h2-4,7,13-14H,5-6,8-9H2,1H3. The van der Waals surface area contributed by atoms with Gasteiger partial charge < -0.3 is 10.4 Å². The lowest BCUT2D eigenvalue weighted by atomic mass is 10.1. The van der Waals surface area contributed by atoms with Gasteiger partial charge in [0.1, 0.15) is 0 Å². The summed E-state index contributed by atoms with van der Waals surface area (Å²) in [6.45, 7) is 3.29. The predicted molar refractivity (Wildman–Crippen MR) is 58.4 cm³/mol. The third-order valence-electron chi connectivity index (χ3n) is 2.98. The Balaban J connectivity index is 1.92. The summed E-state index contributed by atoms with van der Waals surface area (Å²) in [6.07, 6.45) is 2.31. The third kappa shape index (κ3) is 2.07. The fourth-order valence-corrected chi connectivity index (χ4v) is 1.61. The minimum atomic E-state index is 0.184. The second-order valence-electron chi connectivity index (χ2n) is 4.38. The molecule has 2 rings (SSSR count). The molecule has 0 aromatic heterocycles. The molecule has 0 saturated heterocycles. The maximum absolute atomic E-state index is 9.15. The van der Waals surface area contributed by atoms with Crippen molar-refractivity contribution < 1.29 is 5.11 Å². The van der Waals surface area contributed by atoms with Crippen molar-refractivity contribution in [1.29, 1.82) is 0 Å². The fraction of sp³-hybridized carbons (Fsp3) is 0.500. The Labute approximate surface area is 85.0 Å². The summed E-state index contributed by atoms with van der Waals surface area (Å²) < 4.78 is 0. The molecule has 1 aliphatic rings. The molecule has 76 valence electrons. The summed E-state index contributed by atoms with van der Waals surface area (Å²) in [4.78, 5) is 0. The Hall–Kier alpha value is -1.02. The molecule has 0 heterocycles. The van der Waals surface area contributed by atoms with Crippen LogP contribution in [0.4, 0.5) is 5.69 Å². The molecule has 1 aliphatic carbocycles. The number of hydrogen-bond acceptors (Lipinski definition) is 2. The van der Waals surface area contributed by atoms with Crippen LogP contribution in [0.25, 0.3) is 0 Å².